The van der Waals surface area contributed by atoms with E-state index < -0.39 is 18.0 Å². The van der Waals surface area contributed by atoms with Gasteiger partial charge in [0.1, 0.15) is 5.70 Å². The van der Waals surface area contributed by atoms with Crippen LogP contribution in [0, 0.1) is 11.8 Å². The van der Waals surface area contributed by atoms with Gasteiger partial charge in [-0.05, 0) is 54.8 Å². The van der Waals surface area contributed by atoms with Crippen molar-refractivity contribution >= 4 is 41.0 Å². The Kier molecular flexibility index (Phi) is 6.08. The predicted molar refractivity (Wildman–Crippen MR) is 132 cm³/mol. The highest BCUT2D eigenvalue weighted by Gasteiger charge is 2.62. The summed E-state index contributed by atoms with van der Waals surface area (Å²) in [7, 11) is 1.33. The molecule has 1 saturated carbocycles. The number of aliphatic hydroxyl groups excluding tert-OH is 2. The van der Waals surface area contributed by atoms with E-state index in [0.29, 0.717) is 12.1 Å². The summed E-state index contributed by atoms with van der Waals surface area (Å²) >= 11 is 4.71. The number of carbonyl (C=O) groups excluding carboxylic acids is 2. The number of hydrogen-bond donors (Lipinski definition) is 4. The largest absolute Gasteiger partial charge is 0.464 e. The van der Waals surface area contributed by atoms with Gasteiger partial charge in [0.25, 0.3) is 0 Å². The molecule has 0 bridgehead atoms. The van der Waals surface area contributed by atoms with E-state index in [0.717, 1.165) is 51.8 Å². The van der Waals surface area contributed by atoms with Crippen molar-refractivity contribution in [3.63, 3.8) is 0 Å². The summed E-state index contributed by atoms with van der Waals surface area (Å²) in [6.07, 6.45) is 2.40. The molecule has 0 radical (unpaired) electrons. The van der Waals surface area contributed by atoms with Gasteiger partial charge in [0.05, 0.1) is 31.2 Å². The summed E-state index contributed by atoms with van der Waals surface area (Å²) < 4.78 is 5.09. The number of ether oxygens (including phenoxy) is 1. The summed E-state index contributed by atoms with van der Waals surface area (Å²) in [4.78, 5) is 28.2. The van der Waals surface area contributed by atoms with Gasteiger partial charge < -0.3 is 25.2 Å². The molecule has 8 heteroatoms. The molecule has 34 heavy (non-hydrogen) atoms. The maximum absolute atomic E-state index is 12.9. The number of anilines is 1. The number of rotatable bonds is 6. The van der Waals surface area contributed by atoms with Gasteiger partial charge in [-0.2, -0.15) is 0 Å². The molecule has 1 aliphatic carbocycles. The SMILES string of the molecule is COC(=O)C1=C2C(Nc3cccc4c(CCO)ccc(S)c34)CCCC2C2C(C(C)O)C(=O)N12. The number of nitrogens with zero attached hydrogens (tertiary/aromatic N) is 1. The minimum atomic E-state index is -0.768. The Morgan fingerprint density at radius 3 is 2.79 bits per heavy atom. The zero-order valence-electron chi connectivity index (χ0n) is 19.3. The summed E-state index contributed by atoms with van der Waals surface area (Å²) in [5.41, 5.74) is 3.19. The topological polar surface area (TPSA) is 99.1 Å². The van der Waals surface area contributed by atoms with Crippen LogP contribution in [0.15, 0.2) is 46.5 Å². The summed E-state index contributed by atoms with van der Waals surface area (Å²) in [6.45, 7) is 1.70. The van der Waals surface area contributed by atoms with Crippen molar-refractivity contribution in [1.82, 2.24) is 4.90 Å². The molecule has 180 valence electrons. The number of esters is 1. The normalized spacial score (nSPS) is 26.7. The third-order valence-electron chi connectivity index (χ3n) is 7.62. The lowest BCUT2D eigenvalue weighted by Gasteiger charge is -2.47. The minimum Gasteiger partial charge on any atom is -0.464 e. The molecule has 1 amide bonds. The predicted octanol–water partition coefficient (Wildman–Crippen LogP) is 2.89. The second kappa shape index (κ2) is 8.91. The molecule has 5 rings (SSSR count). The van der Waals surface area contributed by atoms with Crippen molar-refractivity contribution in [3.8, 4) is 0 Å². The van der Waals surface area contributed by atoms with Gasteiger partial charge in [0, 0.05) is 28.5 Å². The molecule has 3 aliphatic rings. The molecular weight excluding hydrogens is 452 g/mol. The molecule has 2 aromatic carbocycles. The van der Waals surface area contributed by atoms with Crippen LogP contribution < -0.4 is 5.32 Å². The Balaban J connectivity index is 1.58. The lowest BCUT2D eigenvalue weighted by molar-refractivity contribution is -0.164. The lowest BCUT2D eigenvalue weighted by atomic mass is 9.71. The Morgan fingerprint density at radius 2 is 2.09 bits per heavy atom. The second-order valence-corrected chi connectivity index (χ2v) is 9.92. The number of β-lactam (4-membered cyclic amide) rings is 1. The number of carbonyl (C=O) groups is 2. The number of amides is 1. The number of nitrogens with one attached hydrogen (secondary N) is 1. The van der Waals surface area contributed by atoms with E-state index in [-0.39, 0.29) is 30.5 Å². The van der Waals surface area contributed by atoms with Crippen LogP contribution >= 0.6 is 12.6 Å². The quantitative estimate of drug-likeness (QED) is 0.287. The number of hydrogen-bond acceptors (Lipinski definition) is 7. The van der Waals surface area contributed by atoms with Gasteiger partial charge in [-0.1, -0.05) is 24.6 Å². The van der Waals surface area contributed by atoms with Crippen molar-refractivity contribution in [3.05, 3.63) is 47.2 Å². The number of benzene rings is 2. The average molecular weight is 483 g/mol. The molecule has 3 N–H and O–H groups in total. The van der Waals surface area contributed by atoms with E-state index in [1.165, 1.54) is 7.11 Å². The third-order valence-corrected chi connectivity index (χ3v) is 7.99. The van der Waals surface area contributed by atoms with Crippen LogP contribution in [-0.4, -0.2) is 58.9 Å². The highest BCUT2D eigenvalue weighted by atomic mass is 32.1. The van der Waals surface area contributed by atoms with Crippen molar-refractivity contribution in [2.75, 3.05) is 19.0 Å². The fraction of sp³-hybridized carbons (Fsp3) is 0.462. The molecular formula is C26H30N2O5S. The average Bonchev–Trinajstić information content (AvgIpc) is 3.11. The van der Waals surface area contributed by atoms with Crippen molar-refractivity contribution in [2.24, 2.45) is 11.8 Å². The Labute approximate surface area is 204 Å². The van der Waals surface area contributed by atoms with E-state index in [2.05, 4.69) is 5.32 Å². The first-order valence-electron chi connectivity index (χ1n) is 11.8. The van der Waals surface area contributed by atoms with Crippen LogP contribution in [0.25, 0.3) is 10.8 Å². The molecule has 2 heterocycles. The van der Waals surface area contributed by atoms with Crippen LogP contribution in [0.2, 0.25) is 0 Å². The van der Waals surface area contributed by atoms with Crippen molar-refractivity contribution < 1.29 is 24.5 Å². The molecule has 2 aliphatic heterocycles. The molecule has 2 aromatic rings. The highest BCUT2D eigenvalue weighted by Crippen LogP contribution is 2.53. The first-order chi connectivity index (χ1) is 16.4. The molecule has 7 nitrogen and oxygen atoms in total. The molecule has 5 unspecified atom stereocenters. The summed E-state index contributed by atoms with van der Waals surface area (Å²) in [6, 6.07) is 9.58. The Hall–Kier alpha value is -2.55. The van der Waals surface area contributed by atoms with Crippen LogP contribution in [0.4, 0.5) is 5.69 Å². The van der Waals surface area contributed by atoms with Crippen molar-refractivity contribution in [1.29, 1.82) is 0 Å². The fourth-order valence-electron chi connectivity index (χ4n) is 6.22. The Bertz CT molecular complexity index is 1190. The smallest absolute Gasteiger partial charge is 0.354 e. The maximum atomic E-state index is 12.9. The zero-order valence-corrected chi connectivity index (χ0v) is 20.2. The molecule has 5 atom stereocenters. The third kappa shape index (κ3) is 3.42. The number of methoxy groups -OCH3 is 1. The highest BCUT2D eigenvalue weighted by molar-refractivity contribution is 7.80. The molecule has 2 fully saturated rings. The van der Waals surface area contributed by atoms with E-state index in [1.54, 1.807) is 11.8 Å². The molecule has 0 aromatic heterocycles. The lowest BCUT2D eigenvalue weighted by Crippen LogP contribution is -2.64. The minimum absolute atomic E-state index is 0.00745. The zero-order chi connectivity index (χ0) is 24.1. The summed E-state index contributed by atoms with van der Waals surface area (Å²) in [5, 5.41) is 25.4. The maximum Gasteiger partial charge on any atom is 0.354 e. The van der Waals surface area contributed by atoms with E-state index >= 15 is 0 Å². The van der Waals surface area contributed by atoms with Crippen LogP contribution in [0.1, 0.15) is 31.7 Å². The van der Waals surface area contributed by atoms with E-state index in [9.17, 15) is 19.8 Å². The second-order valence-electron chi connectivity index (χ2n) is 9.44. The molecule has 0 spiro atoms. The van der Waals surface area contributed by atoms with Gasteiger partial charge in [-0.25, -0.2) is 4.79 Å². The Morgan fingerprint density at radius 1 is 1.29 bits per heavy atom. The fourth-order valence-corrected chi connectivity index (χ4v) is 6.53. The van der Waals surface area contributed by atoms with E-state index in [4.69, 9.17) is 17.4 Å². The van der Waals surface area contributed by atoms with E-state index in [1.807, 2.05) is 30.3 Å². The number of aliphatic hydroxyl groups is 2. The standard InChI is InChI=1S/C26H30N2O5S/c1-13(30)20-23-16-6-4-8-18(22(16)24(26(32)33-2)28(23)25(20)31)27-17-7-3-5-15-14(11-12-29)9-10-19(34)21(15)17/h3,5,7,9-10,13,16,18,20,23,27,29-30,34H,4,6,8,11-12H2,1-2H3. The van der Waals surface area contributed by atoms with Crippen LogP contribution in [0.3, 0.4) is 0 Å². The number of fused-ring (bicyclic) bond motifs is 4. The van der Waals surface area contributed by atoms with Gasteiger partial charge in [-0.15, -0.1) is 12.6 Å². The first-order valence-corrected chi connectivity index (χ1v) is 12.3. The monoisotopic (exact) mass is 482 g/mol. The van der Waals surface area contributed by atoms with Gasteiger partial charge >= 0.3 is 5.97 Å². The van der Waals surface area contributed by atoms with Crippen LogP contribution in [0.5, 0.6) is 0 Å². The summed E-state index contributed by atoms with van der Waals surface area (Å²) in [5.74, 6) is -1.21. The first kappa shape index (κ1) is 23.2. The van der Waals surface area contributed by atoms with Crippen molar-refractivity contribution in [2.45, 2.75) is 55.7 Å². The molecule has 1 saturated heterocycles. The van der Waals surface area contributed by atoms with Crippen LogP contribution in [-0.2, 0) is 20.7 Å². The van der Waals surface area contributed by atoms with Gasteiger partial charge in [-0.3, -0.25) is 4.79 Å². The van der Waals surface area contributed by atoms with Gasteiger partial charge in [0.15, 0.2) is 0 Å². The number of thiol groups is 1. The van der Waals surface area contributed by atoms with Gasteiger partial charge in [0.2, 0.25) is 5.91 Å².